The molecule has 0 amide bonds. The van der Waals surface area contributed by atoms with Crippen LogP contribution in [0.15, 0.2) is 60.1 Å². The minimum absolute atomic E-state index is 0.0326. The maximum Gasteiger partial charge on any atom is 0.188 e. The molecule has 0 fully saturated rings. The molecule has 0 bridgehead atoms. The minimum Gasteiger partial charge on any atom is -0.497 e. The number of hydrogen-bond acceptors (Lipinski definition) is 6. The second-order valence-electron chi connectivity index (χ2n) is 5.96. The number of nitrogens with zero attached hydrogens (tertiary/aromatic N) is 3. The van der Waals surface area contributed by atoms with E-state index in [1.54, 1.807) is 18.7 Å². The summed E-state index contributed by atoms with van der Waals surface area (Å²) >= 11 is 1.18. The van der Waals surface area contributed by atoms with Gasteiger partial charge in [0.2, 0.25) is 0 Å². The highest BCUT2D eigenvalue weighted by Crippen LogP contribution is 2.25. The minimum atomic E-state index is -0.0326. The predicted octanol–water partition coefficient (Wildman–Crippen LogP) is 4.03. The fraction of sp³-hybridized carbons (Fsp3) is 0.100. The smallest absolute Gasteiger partial charge is 0.188 e. The van der Waals surface area contributed by atoms with Gasteiger partial charge in [0.15, 0.2) is 5.78 Å². The summed E-state index contributed by atoms with van der Waals surface area (Å²) in [5, 5.41) is 5.48. The molecule has 134 valence electrons. The second kappa shape index (κ2) is 7.51. The molecule has 0 aliphatic rings. The van der Waals surface area contributed by atoms with E-state index in [9.17, 15) is 4.79 Å². The van der Waals surface area contributed by atoms with Gasteiger partial charge in [-0.1, -0.05) is 40.9 Å². The number of nitrogens with one attached hydrogen (secondary N) is 1. The molecular formula is C20H16N4O2S. The quantitative estimate of drug-likeness (QED) is 0.514. The topological polar surface area (TPSA) is 80.8 Å². The first-order valence-electron chi connectivity index (χ1n) is 8.32. The summed E-state index contributed by atoms with van der Waals surface area (Å²) in [6.45, 7) is 0. The van der Waals surface area contributed by atoms with Gasteiger partial charge >= 0.3 is 0 Å². The molecule has 2 aromatic heterocycles. The van der Waals surface area contributed by atoms with Gasteiger partial charge in [0.05, 0.1) is 19.0 Å². The zero-order valence-corrected chi connectivity index (χ0v) is 15.4. The lowest BCUT2D eigenvalue weighted by atomic mass is 10.1. The number of methoxy groups -OCH3 is 1. The summed E-state index contributed by atoms with van der Waals surface area (Å²) in [4.78, 5) is 19.9. The monoisotopic (exact) mass is 376 g/mol. The Morgan fingerprint density at radius 1 is 1.15 bits per heavy atom. The van der Waals surface area contributed by atoms with Crippen LogP contribution >= 0.6 is 11.5 Å². The number of carbonyl (C=O) groups excluding carboxylic acids is 1. The average Bonchev–Trinajstić information content (AvgIpc) is 3.41. The van der Waals surface area contributed by atoms with Gasteiger partial charge in [-0.05, 0) is 29.2 Å². The van der Waals surface area contributed by atoms with Crippen molar-refractivity contribution in [3.63, 3.8) is 0 Å². The largest absolute Gasteiger partial charge is 0.497 e. The van der Waals surface area contributed by atoms with Crippen LogP contribution in [0, 0.1) is 0 Å². The van der Waals surface area contributed by atoms with Gasteiger partial charge in [0, 0.05) is 22.9 Å². The van der Waals surface area contributed by atoms with Gasteiger partial charge in [-0.2, -0.15) is 0 Å². The first-order valence-corrected chi connectivity index (χ1v) is 9.15. The standard InChI is InChI=1S/C20H16N4O2S/c1-26-16-4-2-3-15(10-16)17-11-21-20(22-17)14-7-5-13(6-8-14)9-19(25)18-12-27-24-23-18/h2-8,10-12H,9H2,1H3,(H,21,22). The van der Waals surface area contributed by atoms with Crippen molar-refractivity contribution < 1.29 is 9.53 Å². The van der Waals surface area contributed by atoms with Crippen LogP contribution in [-0.2, 0) is 6.42 Å². The average molecular weight is 376 g/mol. The lowest BCUT2D eigenvalue weighted by Gasteiger charge is -2.03. The van der Waals surface area contributed by atoms with Gasteiger partial charge in [-0.3, -0.25) is 4.79 Å². The van der Waals surface area contributed by atoms with Crippen molar-refractivity contribution in [2.24, 2.45) is 0 Å². The van der Waals surface area contributed by atoms with Crippen LogP contribution in [0.5, 0.6) is 5.75 Å². The van der Waals surface area contributed by atoms with E-state index >= 15 is 0 Å². The number of ether oxygens (including phenoxy) is 1. The summed E-state index contributed by atoms with van der Waals surface area (Å²) < 4.78 is 9.00. The normalized spacial score (nSPS) is 10.7. The van der Waals surface area contributed by atoms with Gasteiger partial charge in [0.25, 0.3) is 0 Å². The zero-order chi connectivity index (χ0) is 18.6. The number of H-pyrrole nitrogens is 1. The Morgan fingerprint density at radius 2 is 2.00 bits per heavy atom. The molecule has 0 aliphatic carbocycles. The van der Waals surface area contributed by atoms with E-state index in [4.69, 9.17) is 4.74 Å². The number of Topliss-reactive ketones (excluding diaryl/α,β-unsaturated/α-hetero) is 1. The van der Waals surface area contributed by atoms with Crippen LogP contribution in [0.2, 0.25) is 0 Å². The molecule has 27 heavy (non-hydrogen) atoms. The Hall–Kier alpha value is -3.32. The molecule has 7 heteroatoms. The number of benzene rings is 2. The summed E-state index contributed by atoms with van der Waals surface area (Å²) in [6.07, 6.45) is 2.11. The Balaban J connectivity index is 1.51. The number of aromatic amines is 1. The number of hydrogen-bond donors (Lipinski definition) is 1. The van der Waals surface area contributed by atoms with Crippen molar-refractivity contribution in [2.75, 3.05) is 7.11 Å². The van der Waals surface area contributed by atoms with E-state index < -0.39 is 0 Å². The van der Waals surface area contributed by atoms with Gasteiger partial charge < -0.3 is 9.72 Å². The molecule has 0 saturated heterocycles. The van der Waals surface area contributed by atoms with Crippen molar-refractivity contribution in [1.82, 2.24) is 19.6 Å². The van der Waals surface area contributed by atoms with Gasteiger partial charge in [-0.25, -0.2) is 4.98 Å². The van der Waals surface area contributed by atoms with E-state index in [1.165, 1.54) is 11.5 Å². The van der Waals surface area contributed by atoms with E-state index in [-0.39, 0.29) is 5.78 Å². The van der Waals surface area contributed by atoms with Crippen LogP contribution in [-0.4, -0.2) is 32.4 Å². The molecule has 0 atom stereocenters. The first-order chi connectivity index (χ1) is 13.2. The molecule has 2 heterocycles. The molecular weight excluding hydrogens is 360 g/mol. The van der Waals surface area contributed by atoms with E-state index in [0.717, 1.165) is 34.0 Å². The van der Waals surface area contributed by atoms with Gasteiger partial charge in [-0.15, -0.1) is 5.10 Å². The van der Waals surface area contributed by atoms with E-state index in [2.05, 4.69) is 19.6 Å². The summed E-state index contributed by atoms with van der Waals surface area (Å²) in [5.41, 5.74) is 4.22. The highest BCUT2D eigenvalue weighted by molar-refractivity contribution is 7.03. The number of rotatable bonds is 6. The Morgan fingerprint density at radius 3 is 2.74 bits per heavy atom. The van der Waals surface area contributed by atoms with Crippen molar-refractivity contribution in [2.45, 2.75) is 6.42 Å². The molecule has 0 radical (unpaired) electrons. The van der Waals surface area contributed by atoms with Crippen molar-refractivity contribution >= 4 is 17.3 Å². The third-order valence-electron chi connectivity index (χ3n) is 4.19. The number of imidazole rings is 1. The van der Waals surface area contributed by atoms with Crippen molar-refractivity contribution in [3.8, 4) is 28.4 Å². The van der Waals surface area contributed by atoms with Gasteiger partial charge in [0.1, 0.15) is 17.3 Å². The van der Waals surface area contributed by atoms with Crippen molar-refractivity contribution in [1.29, 1.82) is 0 Å². The third kappa shape index (κ3) is 3.78. The molecule has 0 saturated carbocycles. The molecule has 4 aromatic rings. The van der Waals surface area contributed by atoms with Crippen LogP contribution in [0.25, 0.3) is 22.6 Å². The maximum atomic E-state index is 12.1. The Bertz CT molecular complexity index is 1060. The summed E-state index contributed by atoms with van der Waals surface area (Å²) in [5.74, 6) is 1.54. The van der Waals surface area contributed by atoms with Crippen molar-refractivity contribution in [3.05, 3.63) is 71.4 Å². The number of ketones is 1. The maximum absolute atomic E-state index is 12.1. The van der Waals surface area contributed by atoms with Crippen LogP contribution in [0.1, 0.15) is 16.1 Å². The zero-order valence-electron chi connectivity index (χ0n) is 14.5. The van der Waals surface area contributed by atoms with Crippen LogP contribution in [0.4, 0.5) is 0 Å². The number of aromatic nitrogens is 4. The molecule has 0 unspecified atom stereocenters. The number of carbonyl (C=O) groups is 1. The second-order valence-corrected chi connectivity index (χ2v) is 6.57. The third-order valence-corrected chi connectivity index (χ3v) is 4.70. The first kappa shape index (κ1) is 17.1. The highest BCUT2D eigenvalue weighted by Gasteiger charge is 2.11. The molecule has 6 nitrogen and oxygen atoms in total. The molecule has 0 aliphatic heterocycles. The summed E-state index contributed by atoms with van der Waals surface area (Å²) in [7, 11) is 1.65. The fourth-order valence-corrected chi connectivity index (χ4v) is 3.21. The van der Waals surface area contributed by atoms with E-state index in [1.807, 2.05) is 48.5 Å². The molecule has 1 N–H and O–H groups in total. The lowest BCUT2D eigenvalue weighted by molar-refractivity contribution is 0.0988. The van der Waals surface area contributed by atoms with Crippen LogP contribution in [0.3, 0.4) is 0 Å². The highest BCUT2D eigenvalue weighted by atomic mass is 32.1. The molecule has 0 spiro atoms. The SMILES string of the molecule is COc1cccc(-c2cnc(-c3ccc(CC(=O)c4csnn4)cc3)[nH]2)c1. The van der Waals surface area contributed by atoms with E-state index in [0.29, 0.717) is 12.1 Å². The predicted molar refractivity (Wildman–Crippen MR) is 104 cm³/mol. The Labute approximate surface area is 160 Å². The molecule has 4 rings (SSSR count). The van der Waals surface area contributed by atoms with Crippen LogP contribution < -0.4 is 4.74 Å². The lowest BCUT2D eigenvalue weighted by Crippen LogP contribution is -2.03. The Kier molecular flexibility index (Phi) is 4.76. The molecule has 2 aromatic carbocycles. The fourth-order valence-electron chi connectivity index (χ4n) is 2.75. The summed E-state index contributed by atoms with van der Waals surface area (Å²) in [6, 6.07) is 15.6.